The second kappa shape index (κ2) is 6.76. The van der Waals surface area contributed by atoms with Crippen molar-refractivity contribution in [1.29, 1.82) is 0 Å². The van der Waals surface area contributed by atoms with Crippen LogP contribution in [0.1, 0.15) is 17.2 Å². The molecule has 4 rings (SSSR count). The minimum atomic E-state index is -2.91. The third-order valence-electron chi connectivity index (χ3n) is 4.02. The lowest BCUT2D eigenvalue weighted by Crippen LogP contribution is -2.21. The standard InChI is InChI=1S/C18H13ClF2N4O/c19-12-7-5-11(6-8-12)14-9-15(25-18(24-14)22-10-23-25)13-3-1-2-4-16(13)26-17(20)21/h1-10,15,17H,(H,22,23,24)/t15-/m1/s1. The van der Waals surface area contributed by atoms with Crippen molar-refractivity contribution in [2.24, 2.45) is 0 Å². The molecule has 1 atom stereocenters. The number of halogens is 3. The van der Waals surface area contributed by atoms with Crippen LogP contribution in [-0.4, -0.2) is 21.4 Å². The first-order valence-electron chi connectivity index (χ1n) is 7.80. The summed E-state index contributed by atoms with van der Waals surface area (Å²) in [5.74, 6) is 0.608. The largest absolute Gasteiger partial charge is 0.434 e. The average molecular weight is 375 g/mol. The number of aromatic nitrogens is 3. The zero-order chi connectivity index (χ0) is 18.1. The van der Waals surface area contributed by atoms with E-state index in [2.05, 4.69) is 20.1 Å². The predicted molar refractivity (Wildman–Crippen MR) is 94.3 cm³/mol. The second-order valence-corrected chi connectivity index (χ2v) is 6.04. The molecule has 0 aliphatic carbocycles. The summed E-state index contributed by atoms with van der Waals surface area (Å²) in [5, 5.41) is 8.03. The van der Waals surface area contributed by atoms with Crippen molar-refractivity contribution in [2.75, 3.05) is 5.32 Å². The highest BCUT2D eigenvalue weighted by atomic mass is 35.5. The third kappa shape index (κ3) is 3.13. The molecule has 0 saturated carbocycles. The van der Waals surface area contributed by atoms with E-state index < -0.39 is 12.7 Å². The van der Waals surface area contributed by atoms with Crippen molar-refractivity contribution >= 4 is 23.2 Å². The summed E-state index contributed by atoms with van der Waals surface area (Å²) in [6, 6.07) is 13.5. The van der Waals surface area contributed by atoms with Crippen molar-refractivity contribution in [1.82, 2.24) is 14.8 Å². The van der Waals surface area contributed by atoms with Crippen molar-refractivity contribution < 1.29 is 13.5 Å². The molecule has 0 unspecified atom stereocenters. The van der Waals surface area contributed by atoms with Crippen molar-refractivity contribution in [2.45, 2.75) is 12.7 Å². The van der Waals surface area contributed by atoms with Crippen molar-refractivity contribution in [3.05, 3.63) is 77.1 Å². The van der Waals surface area contributed by atoms with E-state index in [1.54, 1.807) is 35.0 Å². The quantitative estimate of drug-likeness (QED) is 0.725. The van der Waals surface area contributed by atoms with Crippen LogP contribution in [0.5, 0.6) is 5.75 Å². The minimum Gasteiger partial charge on any atom is -0.434 e. The molecule has 2 heterocycles. The first-order chi connectivity index (χ1) is 12.6. The summed E-state index contributed by atoms with van der Waals surface area (Å²) in [4.78, 5) is 4.20. The molecule has 26 heavy (non-hydrogen) atoms. The molecule has 132 valence electrons. The van der Waals surface area contributed by atoms with Gasteiger partial charge in [-0.1, -0.05) is 41.9 Å². The van der Waals surface area contributed by atoms with E-state index in [4.69, 9.17) is 11.6 Å². The number of para-hydroxylation sites is 1. The number of allylic oxidation sites excluding steroid dienone is 1. The van der Waals surface area contributed by atoms with Crippen LogP contribution in [-0.2, 0) is 0 Å². The molecule has 0 fully saturated rings. The lowest BCUT2D eigenvalue weighted by molar-refractivity contribution is -0.0506. The van der Waals surface area contributed by atoms with E-state index in [-0.39, 0.29) is 5.75 Å². The summed E-state index contributed by atoms with van der Waals surface area (Å²) in [5.41, 5.74) is 2.23. The zero-order valence-electron chi connectivity index (χ0n) is 13.3. The van der Waals surface area contributed by atoms with E-state index >= 15 is 0 Å². The molecule has 0 saturated heterocycles. The number of benzene rings is 2. The van der Waals surface area contributed by atoms with Gasteiger partial charge in [0.1, 0.15) is 18.1 Å². The van der Waals surface area contributed by atoms with E-state index in [9.17, 15) is 8.78 Å². The van der Waals surface area contributed by atoms with Gasteiger partial charge in [0.25, 0.3) is 0 Å². The van der Waals surface area contributed by atoms with Crippen LogP contribution in [0.4, 0.5) is 14.7 Å². The Labute approximate surface area is 152 Å². The molecule has 5 nitrogen and oxygen atoms in total. The smallest absolute Gasteiger partial charge is 0.387 e. The molecule has 0 amide bonds. The highest BCUT2D eigenvalue weighted by Gasteiger charge is 2.26. The van der Waals surface area contributed by atoms with Gasteiger partial charge in [0.05, 0.1) is 0 Å². The Morgan fingerprint density at radius 1 is 1.12 bits per heavy atom. The molecule has 3 aromatic rings. The topological polar surface area (TPSA) is 52.0 Å². The number of nitrogens with one attached hydrogen (secondary N) is 1. The number of hydrogen-bond donors (Lipinski definition) is 1. The Hall–Kier alpha value is -2.93. The molecule has 1 N–H and O–H groups in total. The highest BCUT2D eigenvalue weighted by Crippen LogP contribution is 2.36. The molecule has 0 spiro atoms. The molecular weight excluding hydrogens is 362 g/mol. The van der Waals surface area contributed by atoms with Crippen LogP contribution in [0, 0.1) is 0 Å². The van der Waals surface area contributed by atoms with E-state index in [1.165, 1.54) is 12.4 Å². The molecule has 1 aromatic heterocycles. The number of anilines is 1. The predicted octanol–water partition coefficient (Wildman–Crippen LogP) is 4.59. The Morgan fingerprint density at radius 3 is 2.65 bits per heavy atom. The average Bonchev–Trinajstić information content (AvgIpc) is 3.10. The van der Waals surface area contributed by atoms with Gasteiger partial charge < -0.3 is 10.1 Å². The monoisotopic (exact) mass is 374 g/mol. The molecule has 1 aliphatic heterocycles. The molecule has 2 aromatic carbocycles. The van der Waals surface area contributed by atoms with Gasteiger partial charge in [-0.3, -0.25) is 0 Å². The van der Waals surface area contributed by atoms with Gasteiger partial charge in [0, 0.05) is 16.3 Å². The molecular formula is C18H13ClF2N4O. The number of rotatable bonds is 4. The van der Waals surface area contributed by atoms with Gasteiger partial charge in [-0.25, -0.2) is 4.68 Å². The number of ether oxygens (including phenoxy) is 1. The Kier molecular flexibility index (Phi) is 4.30. The Bertz CT molecular complexity index is 956. The maximum absolute atomic E-state index is 12.8. The molecule has 0 bridgehead atoms. The van der Waals surface area contributed by atoms with Crippen LogP contribution in [0.15, 0.2) is 60.9 Å². The maximum Gasteiger partial charge on any atom is 0.387 e. The Morgan fingerprint density at radius 2 is 1.88 bits per heavy atom. The fourth-order valence-electron chi connectivity index (χ4n) is 2.88. The molecule has 1 aliphatic rings. The zero-order valence-corrected chi connectivity index (χ0v) is 14.1. The van der Waals surface area contributed by atoms with Gasteiger partial charge in [-0.2, -0.15) is 18.9 Å². The van der Waals surface area contributed by atoms with Crippen LogP contribution in [0.2, 0.25) is 5.02 Å². The molecule has 8 heteroatoms. The van der Waals surface area contributed by atoms with Crippen LogP contribution in [0.3, 0.4) is 0 Å². The lowest BCUT2D eigenvalue weighted by atomic mass is 10.0. The Balaban J connectivity index is 1.81. The summed E-state index contributed by atoms with van der Waals surface area (Å²) in [6.07, 6.45) is 3.29. The lowest BCUT2D eigenvalue weighted by Gasteiger charge is -2.25. The highest BCUT2D eigenvalue weighted by molar-refractivity contribution is 6.30. The van der Waals surface area contributed by atoms with Crippen LogP contribution < -0.4 is 10.1 Å². The first kappa shape index (κ1) is 16.5. The molecule has 0 radical (unpaired) electrons. The van der Waals surface area contributed by atoms with Gasteiger partial charge in [-0.05, 0) is 29.8 Å². The van der Waals surface area contributed by atoms with Gasteiger partial charge in [0.15, 0.2) is 0 Å². The van der Waals surface area contributed by atoms with Crippen molar-refractivity contribution in [3.63, 3.8) is 0 Å². The third-order valence-corrected chi connectivity index (χ3v) is 4.27. The minimum absolute atomic E-state index is 0.0996. The van der Waals surface area contributed by atoms with Gasteiger partial charge in [-0.15, -0.1) is 0 Å². The first-order valence-corrected chi connectivity index (χ1v) is 8.17. The van der Waals surface area contributed by atoms with Gasteiger partial charge >= 0.3 is 6.61 Å². The van der Waals surface area contributed by atoms with Crippen LogP contribution >= 0.6 is 11.6 Å². The summed E-state index contributed by atoms with van der Waals surface area (Å²) < 4.78 is 31.9. The van der Waals surface area contributed by atoms with E-state index in [0.29, 0.717) is 16.5 Å². The normalized spacial score (nSPS) is 16.0. The van der Waals surface area contributed by atoms with Crippen molar-refractivity contribution in [3.8, 4) is 5.75 Å². The maximum atomic E-state index is 12.8. The SMILES string of the molecule is FC(F)Oc1ccccc1[C@H]1C=C(c2ccc(Cl)cc2)Nc2ncnn21. The number of nitrogens with zero attached hydrogens (tertiary/aromatic N) is 3. The number of fused-ring (bicyclic) bond motifs is 1. The van der Waals surface area contributed by atoms with Crippen LogP contribution in [0.25, 0.3) is 5.70 Å². The summed E-state index contributed by atoms with van der Waals surface area (Å²) >= 11 is 5.95. The summed E-state index contributed by atoms with van der Waals surface area (Å²) in [7, 11) is 0. The second-order valence-electron chi connectivity index (χ2n) is 5.60. The van der Waals surface area contributed by atoms with Gasteiger partial charge in [0.2, 0.25) is 5.95 Å². The van der Waals surface area contributed by atoms with E-state index in [0.717, 1.165) is 11.3 Å². The fourth-order valence-corrected chi connectivity index (χ4v) is 3.01. The number of hydrogen-bond acceptors (Lipinski definition) is 4. The van der Waals surface area contributed by atoms with E-state index in [1.807, 2.05) is 18.2 Å². The number of alkyl halides is 2. The fraction of sp³-hybridized carbons (Fsp3) is 0.111. The summed E-state index contributed by atoms with van der Waals surface area (Å²) in [6.45, 7) is -2.91.